The van der Waals surface area contributed by atoms with Crippen molar-refractivity contribution >= 4 is 5.97 Å². The predicted molar refractivity (Wildman–Crippen MR) is 50.0 cm³/mol. The summed E-state index contributed by atoms with van der Waals surface area (Å²) < 4.78 is 0.750. The summed E-state index contributed by atoms with van der Waals surface area (Å²) in [7, 11) is 0. The van der Waals surface area contributed by atoms with Gasteiger partial charge >= 0.3 is 5.97 Å². The largest absolute Gasteiger partial charge is 0.481 e. The molecule has 78 valence electrons. The molecule has 0 saturated carbocycles. The fourth-order valence-electron chi connectivity index (χ4n) is 0.648. The van der Waals surface area contributed by atoms with Gasteiger partial charge < -0.3 is 10.3 Å². The average molecular weight is 198 g/mol. The van der Waals surface area contributed by atoms with Crippen LogP contribution in [0.15, 0.2) is 24.4 Å². The number of aliphatic carboxylic acids is 1. The number of nitrogens with one attached hydrogen (secondary N) is 1. The van der Waals surface area contributed by atoms with Crippen LogP contribution in [0, 0.1) is 5.41 Å². The standard InChI is InChI=1S/C5H6N2O.C4H8O2/c6-5-3-1-2-4-7(5)8;1-2-3-4(5)6/h1-4,6,8H;2-3H2,1H3,(H,5,6). The first-order chi connectivity index (χ1) is 6.57. The third-order valence-electron chi connectivity index (χ3n) is 1.30. The third kappa shape index (κ3) is 5.82. The smallest absolute Gasteiger partial charge is 0.303 e. The number of pyridine rings is 1. The van der Waals surface area contributed by atoms with Crippen molar-refractivity contribution < 1.29 is 15.1 Å². The van der Waals surface area contributed by atoms with E-state index in [4.69, 9.17) is 15.7 Å². The van der Waals surface area contributed by atoms with Crippen molar-refractivity contribution in [2.75, 3.05) is 0 Å². The van der Waals surface area contributed by atoms with Gasteiger partial charge in [0.25, 0.3) is 0 Å². The van der Waals surface area contributed by atoms with Crippen LogP contribution in [0.2, 0.25) is 0 Å². The molecule has 5 heteroatoms. The predicted octanol–water partition coefficient (Wildman–Crippen LogP) is 1.08. The van der Waals surface area contributed by atoms with Crippen molar-refractivity contribution in [3.63, 3.8) is 0 Å². The SMILES string of the molecule is CCCC(=O)O.N=c1ccccn1O. The third-order valence-corrected chi connectivity index (χ3v) is 1.30. The Morgan fingerprint density at radius 1 is 1.57 bits per heavy atom. The first-order valence-corrected chi connectivity index (χ1v) is 4.21. The Bertz CT molecular complexity index is 333. The van der Waals surface area contributed by atoms with Gasteiger partial charge in [-0.2, -0.15) is 4.73 Å². The summed E-state index contributed by atoms with van der Waals surface area (Å²) in [4.78, 5) is 9.60. The van der Waals surface area contributed by atoms with Gasteiger partial charge in [-0.05, 0) is 18.6 Å². The number of carbonyl (C=O) groups is 1. The fraction of sp³-hybridized carbons (Fsp3) is 0.333. The molecule has 0 amide bonds. The topological polar surface area (TPSA) is 86.3 Å². The first-order valence-electron chi connectivity index (χ1n) is 4.21. The van der Waals surface area contributed by atoms with E-state index in [1.54, 1.807) is 12.1 Å². The summed E-state index contributed by atoms with van der Waals surface area (Å²) in [5, 5.41) is 23.5. The lowest BCUT2D eigenvalue weighted by atomic mass is 10.4. The highest BCUT2D eigenvalue weighted by Gasteiger charge is 1.87. The number of aromatic nitrogens is 1. The van der Waals surface area contributed by atoms with E-state index in [2.05, 4.69) is 0 Å². The van der Waals surface area contributed by atoms with Crippen molar-refractivity contribution in [1.82, 2.24) is 4.73 Å². The molecule has 5 nitrogen and oxygen atoms in total. The van der Waals surface area contributed by atoms with Gasteiger partial charge in [0.2, 0.25) is 0 Å². The maximum atomic E-state index is 9.60. The van der Waals surface area contributed by atoms with Gasteiger partial charge in [-0.15, -0.1) is 0 Å². The normalized spacial score (nSPS) is 8.64. The van der Waals surface area contributed by atoms with E-state index in [-0.39, 0.29) is 5.49 Å². The Hall–Kier alpha value is -1.78. The summed E-state index contributed by atoms with van der Waals surface area (Å²) in [6.07, 6.45) is 2.43. The Morgan fingerprint density at radius 3 is 2.43 bits per heavy atom. The number of carboxylic acid groups (broad SMARTS) is 1. The molecule has 1 aromatic rings. The zero-order valence-electron chi connectivity index (χ0n) is 7.97. The van der Waals surface area contributed by atoms with Crippen molar-refractivity contribution in [3.8, 4) is 0 Å². The lowest BCUT2D eigenvalue weighted by Gasteiger charge is -1.90. The molecule has 1 aromatic heterocycles. The Labute approximate surface area is 81.7 Å². The number of rotatable bonds is 2. The lowest BCUT2D eigenvalue weighted by molar-refractivity contribution is -0.137. The quantitative estimate of drug-likeness (QED) is 0.621. The van der Waals surface area contributed by atoms with Gasteiger partial charge in [0.05, 0.1) is 0 Å². The molecule has 14 heavy (non-hydrogen) atoms. The molecular weight excluding hydrogens is 184 g/mol. The molecule has 1 rings (SSSR count). The van der Waals surface area contributed by atoms with E-state index in [0.29, 0.717) is 6.42 Å². The molecule has 0 aliphatic heterocycles. The van der Waals surface area contributed by atoms with E-state index in [1.807, 2.05) is 6.92 Å². The molecule has 0 atom stereocenters. The van der Waals surface area contributed by atoms with Gasteiger partial charge in [0, 0.05) is 12.6 Å². The zero-order valence-corrected chi connectivity index (χ0v) is 7.97. The minimum Gasteiger partial charge on any atom is -0.481 e. The number of hydrogen-bond acceptors (Lipinski definition) is 3. The van der Waals surface area contributed by atoms with Crippen molar-refractivity contribution in [3.05, 3.63) is 29.9 Å². The van der Waals surface area contributed by atoms with Gasteiger partial charge in [0.15, 0.2) is 5.49 Å². The van der Waals surface area contributed by atoms with Gasteiger partial charge in [-0.1, -0.05) is 13.0 Å². The summed E-state index contributed by atoms with van der Waals surface area (Å²) in [5.74, 6) is -0.711. The van der Waals surface area contributed by atoms with Gasteiger partial charge in [-0.3, -0.25) is 10.2 Å². The molecule has 0 fully saturated rings. The van der Waals surface area contributed by atoms with Crippen LogP contribution in [0.5, 0.6) is 0 Å². The molecule has 0 bridgehead atoms. The summed E-state index contributed by atoms with van der Waals surface area (Å²) in [5.41, 5.74) is 0.0903. The van der Waals surface area contributed by atoms with E-state index in [9.17, 15) is 4.79 Å². The van der Waals surface area contributed by atoms with E-state index in [1.165, 1.54) is 12.3 Å². The van der Waals surface area contributed by atoms with Gasteiger partial charge in [-0.25, -0.2) is 0 Å². The van der Waals surface area contributed by atoms with Crippen molar-refractivity contribution in [1.29, 1.82) is 5.41 Å². The van der Waals surface area contributed by atoms with Crippen LogP contribution < -0.4 is 5.49 Å². The second kappa shape index (κ2) is 6.71. The number of carboxylic acids is 1. The minimum atomic E-state index is -0.711. The van der Waals surface area contributed by atoms with Crippen molar-refractivity contribution in [2.45, 2.75) is 19.8 Å². The summed E-state index contributed by atoms with van der Waals surface area (Å²) in [6, 6.07) is 4.84. The fourth-order valence-corrected chi connectivity index (χ4v) is 0.648. The van der Waals surface area contributed by atoms with Crippen LogP contribution >= 0.6 is 0 Å². The molecular formula is C9H14N2O3. The molecule has 0 aliphatic rings. The average Bonchev–Trinajstić information content (AvgIpc) is 2.11. The van der Waals surface area contributed by atoms with Crippen LogP contribution in [0.4, 0.5) is 0 Å². The van der Waals surface area contributed by atoms with E-state index < -0.39 is 5.97 Å². The molecule has 0 unspecified atom stereocenters. The van der Waals surface area contributed by atoms with Gasteiger partial charge in [0.1, 0.15) is 0 Å². The maximum absolute atomic E-state index is 9.60. The van der Waals surface area contributed by atoms with Crippen LogP contribution in [-0.4, -0.2) is 21.0 Å². The summed E-state index contributed by atoms with van der Waals surface area (Å²) >= 11 is 0. The minimum absolute atomic E-state index is 0.0903. The molecule has 3 N–H and O–H groups in total. The molecule has 0 aliphatic carbocycles. The highest BCUT2D eigenvalue weighted by atomic mass is 16.5. The Kier molecular flexibility index (Phi) is 5.85. The highest BCUT2D eigenvalue weighted by molar-refractivity contribution is 5.66. The van der Waals surface area contributed by atoms with Crippen LogP contribution in [0.3, 0.4) is 0 Å². The number of nitrogens with zero attached hydrogens (tertiary/aromatic N) is 1. The zero-order chi connectivity index (χ0) is 11.0. The molecule has 0 aromatic carbocycles. The highest BCUT2D eigenvalue weighted by Crippen LogP contribution is 1.82. The van der Waals surface area contributed by atoms with Crippen LogP contribution in [0.25, 0.3) is 0 Å². The van der Waals surface area contributed by atoms with Crippen LogP contribution in [-0.2, 0) is 4.79 Å². The molecule has 1 heterocycles. The molecule has 0 radical (unpaired) electrons. The molecule has 0 spiro atoms. The number of hydrogen-bond donors (Lipinski definition) is 3. The molecule has 0 saturated heterocycles. The van der Waals surface area contributed by atoms with Crippen LogP contribution in [0.1, 0.15) is 19.8 Å². The monoisotopic (exact) mass is 198 g/mol. The van der Waals surface area contributed by atoms with Crippen molar-refractivity contribution in [2.24, 2.45) is 0 Å². The Morgan fingerprint density at radius 2 is 2.21 bits per heavy atom. The second-order valence-corrected chi connectivity index (χ2v) is 2.57. The first kappa shape index (κ1) is 12.2. The summed E-state index contributed by atoms with van der Waals surface area (Å²) in [6.45, 7) is 1.84. The maximum Gasteiger partial charge on any atom is 0.303 e. The lowest BCUT2D eigenvalue weighted by Crippen LogP contribution is -2.14. The van der Waals surface area contributed by atoms with E-state index in [0.717, 1.165) is 11.2 Å². The Balaban J connectivity index is 0.000000255. The van der Waals surface area contributed by atoms with E-state index >= 15 is 0 Å². The second-order valence-electron chi connectivity index (χ2n) is 2.57.